The van der Waals surface area contributed by atoms with Crippen LogP contribution in [0.15, 0.2) is 46.4 Å². The summed E-state index contributed by atoms with van der Waals surface area (Å²) in [5, 5.41) is 0. The molecule has 0 N–H and O–H groups in total. The van der Waals surface area contributed by atoms with Crippen LogP contribution in [0.3, 0.4) is 0 Å². The summed E-state index contributed by atoms with van der Waals surface area (Å²) >= 11 is 6.49. The maximum Gasteiger partial charge on any atom is 0.206 e. The normalized spacial score (nSPS) is 17.8. The molecule has 0 heterocycles. The lowest BCUT2D eigenvalue weighted by Crippen LogP contribution is -2.24. The Morgan fingerprint density at radius 2 is 1.78 bits per heavy atom. The van der Waals surface area contributed by atoms with Gasteiger partial charge >= 0.3 is 0 Å². The van der Waals surface area contributed by atoms with Crippen LogP contribution in [0.1, 0.15) is 19.3 Å². The highest BCUT2D eigenvalue weighted by molar-refractivity contribution is 9.13. The van der Waals surface area contributed by atoms with Crippen molar-refractivity contribution in [2.45, 2.75) is 19.3 Å². The number of ketones is 2. The van der Waals surface area contributed by atoms with Crippen molar-refractivity contribution in [2.24, 2.45) is 5.41 Å². The van der Waals surface area contributed by atoms with E-state index < -0.39 is 5.41 Å². The topological polar surface area (TPSA) is 34.1 Å². The van der Waals surface area contributed by atoms with E-state index in [4.69, 9.17) is 0 Å². The van der Waals surface area contributed by atoms with Gasteiger partial charge in [0.25, 0.3) is 0 Å². The van der Waals surface area contributed by atoms with E-state index in [0.29, 0.717) is 28.2 Å². The maximum absolute atomic E-state index is 11.8. The number of Topliss-reactive ketones (excluding diaryl/α,β-unsaturated/α-hetero) is 2. The fraction of sp³-hybridized carbons (Fsp3) is 0.286. The van der Waals surface area contributed by atoms with Crippen LogP contribution < -0.4 is 0 Å². The summed E-state index contributed by atoms with van der Waals surface area (Å²) in [7, 11) is 0. The zero-order valence-corrected chi connectivity index (χ0v) is 13.1. The Hall–Kier alpha value is -0.740. The number of rotatable bonds is 6. The van der Waals surface area contributed by atoms with Gasteiger partial charge in [0.15, 0.2) is 0 Å². The van der Waals surface area contributed by atoms with Crippen LogP contribution in [0.5, 0.6) is 0 Å². The molecule has 0 aromatic heterocycles. The van der Waals surface area contributed by atoms with Gasteiger partial charge in [-0.05, 0) is 38.3 Å². The summed E-state index contributed by atoms with van der Waals surface area (Å²) in [6.07, 6.45) is 8.21. The maximum atomic E-state index is 11.8. The van der Waals surface area contributed by atoms with E-state index in [1.165, 1.54) is 0 Å². The van der Waals surface area contributed by atoms with Crippen molar-refractivity contribution in [1.82, 2.24) is 0 Å². The van der Waals surface area contributed by atoms with Gasteiger partial charge in [-0.3, -0.25) is 9.59 Å². The molecule has 18 heavy (non-hydrogen) atoms. The minimum atomic E-state index is -0.479. The second kappa shape index (κ2) is 6.43. The lowest BCUT2D eigenvalue weighted by molar-refractivity contribution is -0.119. The summed E-state index contributed by atoms with van der Waals surface area (Å²) < 4.78 is 0.954. The van der Waals surface area contributed by atoms with Gasteiger partial charge in [0.2, 0.25) is 5.78 Å². The molecule has 0 fully saturated rings. The Morgan fingerprint density at radius 1 is 1.22 bits per heavy atom. The number of halogens is 2. The Balaban J connectivity index is 3.08. The van der Waals surface area contributed by atoms with Gasteiger partial charge in [-0.15, -0.1) is 13.2 Å². The van der Waals surface area contributed by atoms with Gasteiger partial charge in [0.1, 0.15) is 5.78 Å². The molecule has 0 saturated carbocycles. The van der Waals surface area contributed by atoms with Crippen LogP contribution in [0.4, 0.5) is 0 Å². The summed E-state index contributed by atoms with van der Waals surface area (Å²) in [5.41, 5.74) is -0.479. The lowest BCUT2D eigenvalue weighted by Gasteiger charge is -2.29. The molecule has 0 aliphatic heterocycles. The smallest absolute Gasteiger partial charge is 0.206 e. The molecule has 1 rings (SSSR count). The summed E-state index contributed by atoms with van der Waals surface area (Å²) in [6, 6.07) is 0. The third-order valence-electron chi connectivity index (χ3n) is 2.68. The van der Waals surface area contributed by atoms with E-state index in [1.54, 1.807) is 24.3 Å². The molecule has 0 aromatic rings. The number of carbonyl (C=O) groups excluding carboxylic acids is 2. The van der Waals surface area contributed by atoms with Crippen LogP contribution in [-0.4, -0.2) is 11.6 Å². The molecule has 0 bridgehead atoms. The molecule has 0 amide bonds. The average molecular weight is 374 g/mol. The predicted molar refractivity (Wildman–Crippen MR) is 80.7 cm³/mol. The van der Waals surface area contributed by atoms with Crippen LogP contribution in [0.25, 0.3) is 0 Å². The van der Waals surface area contributed by atoms with Crippen molar-refractivity contribution in [3.63, 3.8) is 0 Å². The van der Waals surface area contributed by atoms with Gasteiger partial charge in [-0.1, -0.05) is 24.3 Å². The molecule has 0 spiro atoms. The first kappa shape index (κ1) is 15.3. The predicted octanol–water partition coefficient (Wildman–Crippen LogP) is 4.22. The van der Waals surface area contributed by atoms with E-state index in [-0.39, 0.29) is 11.6 Å². The monoisotopic (exact) mass is 372 g/mol. The molecule has 0 saturated heterocycles. The number of allylic oxidation sites excluding steroid dienone is 6. The molecular weight excluding hydrogens is 360 g/mol. The molecule has 96 valence electrons. The van der Waals surface area contributed by atoms with E-state index in [2.05, 4.69) is 45.0 Å². The fourth-order valence-corrected chi connectivity index (χ4v) is 3.56. The quantitative estimate of drug-likeness (QED) is 0.653. The number of carbonyl (C=O) groups is 2. The Labute approximate surface area is 124 Å². The Bertz CT molecular complexity index is 436. The fourth-order valence-electron chi connectivity index (χ4n) is 1.95. The standard InChI is InChI=1S/C14H14Br2O2/c1-3-5-10(17)7-14(6-4-2)8-11(15)13(18)12(16)9-14/h3-4,8-9H,1-2,5-7H2. The molecule has 0 atom stereocenters. The van der Waals surface area contributed by atoms with Gasteiger partial charge in [0.05, 0.1) is 8.96 Å². The SMILES string of the molecule is C=CCC(=O)CC1(CC=C)C=C(Br)C(=O)C(Br)=C1. The average Bonchev–Trinajstić information content (AvgIpc) is 2.26. The van der Waals surface area contributed by atoms with Crippen molar-refractivity contribution < 1.29 is 9.59 Å². The molecular formula is C14H14Br2O2. The minimum Gasteiger partial charge on any atom is -0.299 e. The van der Waals surface area contributed by atoms with Gasteiger partial charge in [-0.25, -0.2) is 0 Å². The largest absolute Gasteiger partial charge is 0.299 e. The number of hydrogen-bond acceptors (Lipinski definition) is 2. The van der Waals surface area contributed by atoms with Crippen molar-refractivity contribution >= 4 is 43.4 Å². The first-order chi connectivity index (χ1) is 8.44. The van der Waals surface area contributed by atoms with Gasteiger partial charge in [-0.2, -0.15) is 0 Å². The first-order valence-corrected chi connectivity index (χ1v) is 7.07. The van der Waals surface area contributed by atoms with Crippen molar-refractivity contribution in [1.29, 1.82) is 0 Å². The van der Waals surface area contributed by atoms with Crippen molar-refractivity contribution in [3.8, 4) is 0 Å². The molecule has 4 heteroatoms. The van der Waals surface area contributed by atoms with Gasteiger partial charge in [0, 0.05) is 18.3 Å². The highest BCUT2D eigenvalue weighted by Gasteiger charge is 2.33. The third kappa shape index (κ3) is 3.62. The summed E-state index contributed by atoms with van der Waals surface area (Å²) in [6.45, 7) is 7.28. The van der Waals surface area contributed by atoms with Crippen LogP contribution in [0, 0.1) is 5.41 Å². The second-order valence-electron chi connectivity index (χ2n) is 4.25. The molecule has 0 radical (unpaired) electrons. The highest BCUT2D eigenvalue weighted by atomic mass is 79.9. The van der Waals surface area contributed by atoms with E-state index in [0.717, 1.165) is 0 Å². The number of hydrogen-bond donors (Lipinski definition) is 0. The first-order valence-electron chi connectivity index (χ1n) is 5.49. The van der Waals surface area contributed by atoms with Gasteiger partial charge < -0.3 is 0 Å². The molecule has 1 aliphatic carbocycles. The Kier molecular flexibility index (Phi) is 5.47. The summed E-state index contributed by atoms with van der Waals surface area (Å²) in [5.74, 6) is -0.0137. The molecule has 0 unspecified atom stereocenters. The van der Waals surface area contributed by atoms with Crippen LogP contribution in [0.2, 0.25) is 0 Å². The Morgan fingerprint density at radius 3 is 2.22 bits per heavy atom. The molecule has 2 nitrogen and oxygen atoms in total. The van der Waals surface area contributed by atoms with E-state index in [9.17, 15) is 9.59 Å². The van der Waals surface area contributed by atoms with Crippen LogP contribution in [-0.2, 0) is 9.59 Å². The molecule has 0 aromatic carbocycles. The third-order valence-corrected chi connectivity index (χ3v) is 3.86. The highest BCUT2D eigenvalue weighted by Crippen LogP contribution is 2.40. The van der Waals surface area contributed by atoms with Crippen molar-refractivity contribution in [3.05, 3.63) is 46.4 Å². The minimum absolute atomic E-state index is 0.0919. The van der Waals surface area contributed by atoms with E-state index >= 15 is 0 Å². The van der Waals surface area contributed by atoms with E-state index in [1.807, 2.05) is 0 Å². The lowest BCUT2D eigenvalue weighted by atomic mass is 9.76. The van der Waals surface area contributed by atoms with Crippen LogP contribution >= 0.6 is 31.9 Å². The zero-order valence-electron chi connectivity index (χ0n) is 9.92. The second-order valence-corrected chi connectivity index (χ2v) is 5.96. The molecule has 1 aliphatic rings. The summed E-state index contributed by atoms with van der Waals surface area (Å²) in [4.78, 5) is 23.5. The van der Waals surface area contributed by atoms with Crippen molar-refractivity contribution in [2.75, 3.05) is 0 Å². The zero-order chi connectivity index (χ0) is 13.8.